The van der Waals surface area contributed by atoms with E-state index in [9.17, 15) is 14.9 Å². The molecule has 136 valence electrons. The van der Waals surface area contributed by atoms with Crippen LogP contribution in [-0.2, 0) is 11.2 Å². The second-order valence-electron chi connectivity index (χ2n) is 6.59. The Labute approximate surface area is 153 Å². The Bertz CT molecular complexity index is 756. The first kappa shape index (κ1) is 17.9. The SMILES string of the molecule is O=C(CCc1ccccc1)NC1CCN(c2cccc([N+](=O)[O-])c2)CC1. The van der Waals surface area contributed by atoms with E-state index >= 15 is 0 Å². The summed E-state index contributed by atoms with van der Waals surface area (Å²) in [6.45, 7) is 1.57. The number of nitrogens with zero attached hydrogens (tertiary/aromatic N) is 2. The van der Waals surface area contributed by atoms with E-state index in [0.717, 1.165) is 38.0 Å². The number of non-ortho nitro benzene ring substituents is 1. The number of amides is 1. The lowest BCUT2D eigenvalue weighted by Gasteiger charge is -2.33. The first-order chi connectivity index (χ1) is 12.6. The van der Waals surface area contributed by atoms with Crippen LogP contribution in [0.4, 0.5) is 11.4 Å². The minimum absolute atomic E-state index is 0.0858. The van der Waals surface area contributed by atoms with Gasteiger partial charge in [-0.05, 0) is 30.9 Å². The number of carbonyl (C=O) groups excluding carboxylic acids is 1. The van der Waals surface area contributed by atoms with Crippen molar-refractivity contribution in [2.75, 3.05) is 18.0 Å². The average Bonchev–Trinajstić information content (AvgIpc) is 2.68. The van der Waals surface area contributed by atoms with Gasteiger partial charge in [0.1, 0.15) is 0 Å². The molecule has 1 saturated heterocycles. The van der Waals surface area contributed by atoms with Crippen molar-refractivity contribution >= 4 is 17.3 Å². The molecule has 2 aromatic carbocycles. The molecule has 1 aliphatic heterocycles. The fourth-order valence-corrected chi connectivity index (χ4v) is 3.29. The van der Waals surface area contributed by atoms with Crippen LogP contribution in [0.1, 0.15) is 24.8 Å². The molecule has 2 aromatic rings. The summed E-state index contributed by atoms with van der Waals surface area (Å²) in [4.78, 5) is 24.8. The van der Waals surface area contributed by atoms with Crippen LogP contribution in [0.5, 0.6) is 0 Å². The number of rotatable bonds is 6. The third-order valence-corrected chi connectivity index (χ3v) is 4.75. The van der Waals surface area contributed by atoms with Crippen LogP contribution < -0.4 is 10.2 Å². The molecule has 1 heterocycles. The van der Waals surface area contributed by atoms with Gasteiger partial charge in [0.25, 0.3) is 5.69 Å². The molecule has 0 atom stereocenters. The first-order valence-electron chi connectivity index (χ1n) is 8.94. The maximum Gasteiger partial charge on any atom is 0.271 e. The molecule has 1 aliphatic rings. The number of hydrogen-bond acceptors (Lipinski definition) is 4. The number of carbonyl (C=O) groups is 1. The molecule has 0 saturated carbocycles. The Morgan fingerprint density at radius 2 is 1.85 bits per heavy atom. The Hall–Kier alpha value is -2.89. The standard InChI is InChI=1S/C20H23N3O3/c24-20(10-9-16-5-2-1-3-6-16)21-17-11-13-22(14-12-17)18-7-4-8-19(15-18)23(25)26/h1-8,15,17H,9-14H2,(H,21,24). The van der Waals surface area contributed by atoms with Crippen LogP contribution in [0.3, 0.4) is 0 Å². The van der Waals surface area contributed by atoms with Gasteiger partial charge in [-0.15, -0.1) is 0 Å². The number of aryl methyl sites for hydroxylation is 1. The smallest absolute Gasteiger partial charge is 0.271 e. The Morgan fingerprint density at radius 1 is 1.12 bits per heavy atom. The summed E-state index contributed by atoms with van der Waals surface area (Å²) in [5.41, 5.74) is 2.15. The van der Waals surface area contributed by atoms with Gasteiger partial charge < -0.3 is 10.2 Å². The zero-order chi connectivity index (χ0) is 18.4. The second-order valence-corrected chi connectivity index (χ2v) is 6.59. The van der Waals surface area contributed by atoms with Crippen molar-refractivity contribution in [2.24, 2.45) is 0 Å². The molecule has 0 unspecified atom stereocenters. The molecular weight excluding hydrogens is 330 g/mol. The van der Waals surface area contributed by atoms with Crippen molar-refractivity contribution < 1.29 is 9.72 Å². The molecule has 0 radical (unpaired) electrons. The van der Waals surface area contributed by atoms with Crippen molar-refractivity contribution in [1.29, 1.82) is 0 Å². The number of nitro benzene ring substituents is 1. The number of anilines is 1. The van der Waals surface area contributed by atoms with Gasteiger partial charge in [0.2, 0.25) is 5.91 Å². The lowest BCUT2D eigenvalue weighted by Crippen LogP contribution is -2.44. The summed E-state index contributed by atoms with van der Waals surface area (Å²) in [6.07, 6.45) is 2.94. The number of hydrogen-bond donors (Lipinski definition) is 1. The molecule has 0 aromatic heterocycles. The van der Waals surface area contributed by atoms with Gasteiger partial charge in [0.05, 0.1) is 4.92 Å². The monoisotopic (exact) mass is 353 g/mol. The summed E-state index contributed by atoms with van der Waals surface area (Å²) < 4.78 is 0. The van der Waals surface area contributed by atoms with E-state index in [4.69, 9.17) is 0 Å². The summed E-state index contributed by atoms with van der Waals surface area (Å²) >= 11 is 0. The van der Waals surface area contributed by atoms with Gasteiger partial charge in [-0.1, -0.05) is 36.4 Å². The molecule has 6 nitrogen and oxygen atoms in total. The fraction of sp³-hybridized carbons (Fsp3) is 0.350. The van der Waals surface area contributed by atoms with E-state index < -0.39 is 0 Å². The lowest BCUT2D eigenvalue weighted by atomic mass is 10.0. The van der Waals surface area contributed by atoms with Crippen LogP contribution in [0.15, 0.2) is 54.6 Å². The molecular formula is C20H23N3O3. The van der Waals surface area contributed by atoms with Crippen LogP contribution >= 0.6 is 0 Å². The Balaban J connectivity index is 1.45. The van der Waals surface area contributed by atoms with Crippen molar-refractivity contribution in [3.05, 3.63) is 70.3 Å². The van der Waals surface area contributed by atoms with Crippen molar-refractivity contribution in [3.63, 3.8) is 0 Å². The molecule has 0 aliphatic carbocycles. The predicted molar refractivity (Wildman–Crippen MR) is 101 cm³/mol. The average molecular weight is 353 g/mol. The normalized spacial score (nSPS) is 14.8. The highest BCUT2D eigenvalue weighted by molar-refractivity contribution is 5.76. The van der Waals surface area contributed by atoms with E-state index in [1.165, 1.54) is 11.6 Å². The summed E-state index contributed by atoms with van der Waals surface area (Å²) in [5, 5.41) is 14.0. The topological polar surface area (TPSA) is 75.5 Å². The molecule has 0 spiro atoms. The van der Waals surface area contributed by atoms with Crippen molar-refractivity contribution in [1.82, 2.24) is 5.32 Å². The minimum atomic E-state index is -0.372. The van der Waals surface area contributed by atoms with Gasteiger partial charge in [0, 0.05) is 43.4 Å². The zero-order valence-electron chi connectivity index (χ0n) is 14.6. The van der Waals surface area contributed by atoms with Gasteiger partial charge in [-0.2, -0.15) is 0 Å². The van der Waals surface area contributed by atoms with Crippen LogP contribution in [0, 0.1) is 10.1 Å². The van der Waals surface area contributed by atoms with Crippen LogP contribution in [-0.4, -0.2) is 30.0 Å². The third-order valence-electron chi connectivity index (χ3n) is 4.75. The molecule has 1 amide bonds. The first-order valence-corrected chi connectivity index (χ1v) is 8.94. The van der Waals surface area contributed by atoms with E-state index in [1.54, 1.807) is 12.1 Å². The van der Waals surface area contributed by atoms with Crippen molar-refractivity contribution in [3.8, 4) is 0 Å². The predicted octanol–water partition coefficient (Wildman–Crippen LogP) is 3.31. The highest BCUT2D eigenvalue weighted by atomic mass is 16.6. The van der Waals surface area contributed by atoms with Gasteiger partial charge in [-0.3, -0.25) is 14.9 Å². The van der Waals surface area contributed by atoms with Gasteiger partial charge in [0.15, 0.2) is 0 Å². The Kier molecular flexibility index (Phi) is 5.84. The van der Waals surface area contributed by atoms with Gasteiger partial charge in [-0.25, -0.2) is 0 Å². The minimum Gasteiger partial charge on any atom is -0.371 e. The number of benzene rings is 2. The van der Waals surface area contributed by atoms with Crippen LogP contribution in [0.2, 0.25) is 0 Å². The van der Waals surface area contributed by atoms with E-state index in [0.29, 0.717) is 6.42 Å². The lowest BCUT2D eigenvalue weighted by molar-refractivity contribution is -0.384. The quantitative estimate of drug-likeness (QED) is 0.638. The van der Waals surface area contributed by atoms with E-state index in [1.807, 2.05) is 36.4 Å². The third kappa shape index (κ3) is 4.81. The molecule has 1 N–H and O–H groups in total. The van der Waals surface area contributed by atoms with Gasteiger partial charge >= 0.3 is 0 Å². The number of nitro groups is 1. The maximum absolute atomic E-state index is 12.2. The highest BCUT2D eigenvalue weighted by Crippen LogP contribution is 2.24. The molecule has 3 rings (SSSR count). The fourth-order valence-electron chi connectivity index (χ4n) is 3.29. The van der Waals surface area contributed by atoms with Crippen molar-refractivity contribution in [2.45, 2.75) is 31.7 Å². The largest absolute Gasteiger partial charge is 0.371 e. The molecule has 0 bridgehead atoms. The highest BCUT2D eigenvalue weighted by Gasteiger charge is 2.21. The summed E-state index contributed by atoms with van der Waals surface area (Å²) in [5.74, 6) is 0.0858. The summed E-state index contributed by atoms with van der Waals surface area (Å²) in [6, 6.07) is 16.9. The number of nitrogens with one attached hydrogen (secondary N) is 1. The molecule has 6 heteroatoms. The van der Waals surface area contributed by atoms with E-state index in [-0.39, 0.29) is 22.6 Å². The second kappa shape index (κ2) is 8.47. The van der Waals surface area contributed by atoms with E-state index in [2.05, 4.69) is 10.2 Å². The maximum atomic E-state index is 12.2. The zero-order valence-corrected chi connectivity index (χ0v) is 14.6. The van der Waals surface area contributed by atoms with Crippen LogP contribution in [0.25, 0.3) is 0 Å². The molecule has 26 heavy (non-hydrogen) atoms. The molecule has 1 fully saturated rings. The summed E-state index contributed by atoms with van der Waals surface area (Å²) in [7, 11) is 0. The Morgan fingerprint density at radius 3 is 2.54 bits per heavy atom. The number of piperidine rings is 1.